The second-order valence-electron chi connectivity index (χ2n) is 9.08. The maximum atomic E-state index is 12.1. The number of nitrogens with zero attached hydrogens (tertiary/aromatic N) is 2. The second-order valence-corrected chi connectivity index (χ2v) is 9.97. The molecule has 1 N–H and O–H groups in total. The third-order valence-corrected chi connectivity index (χ3v) is 6.26. The van der Waals surface area contributed by atoms with Crippen LogP contribution in [-0.4, -0.2) is 48.4 Å². The normalized spacial score (nSPS) is 16.1. The van der Waals surface area contributed by atoms with Crippen molar-refractivity contribution in [1.29, 1.82) is 0 Å². The van der Waals surface area contributed by atoms with Crippen molar-refractivity contribution in [2.45, 2.75) is 65.3 Å². The molecule has 1 heterocycles. The average Bonchev–Trinajstić information content (AvgIpc) is 3.29. The summed E-state index contributed by atoms with van der Waals surface area (Å²) in [6, 6.07) is 0. The number of rotatable bonds is 14. The predicted molar refractivity (Wildman–Crippen MR) is 141 cm³/mol. The molecular formula is C27H42N2O4S. The van der Waals surface area contributed by atoms with Gasteiger partial charge in [-0.15, -0.1) is 11.3 Å². The molecule has 4 atom stereocenters. The molecular weight excluding hydrogens is 448 g/mol. The van der Waals surface area contributed by atoms with Crippen molar-refractivity contribution in [3.05, 3.63) is 64.7 Å². The van der Waals surface area contributed by atoms with Crippen molar-refractivity contribution in [2.75, 3.05) is 21.2 Å². The van der Waals surface area contributed by atoms with E-state index in [2.05, 4.69) is 31.5 Å². The van der Waals surface area contributed by atoms with Crippen LogP contribution >= 0.6 is 11.3 Å². The number of ether oxygens (including phenoxy) is 2. The highest BCUT2D eigenvalue weighted by Crippen LogP contribution is 2.32. The first-order valence-electron chi connectivity index (χ1n) is 11.8. The summed E-state index contributed by atoms with van der Waals surface area (Å²) in [7, 11) is 5.02. The fourth-order valence-corrected chi connectivity index (χ4v) is 3.98. The van der Waals surface area contributed by atoms with Gasteiger partial charge in [-0.25, -0.2) is 9.78 Å². The lowest BCUT2D eigenvalue weighted by Gasteiger charge is -2.20. The quantitative estimate of drug-likeness (QED) is 0.296. The summed E-state index contributed by atoms with van der Waals surface area (Å²) in [5, 5.41) is 13.3. The zero-order valence-corrected chi connectivity index (χ0v) is 22.5. The van der Waals surface area contributed by atoms with Crippen molar-refractivity contribution in [3.63, 3.8) is 0 Å². The Kier molecular flexibility index (Phi) is 13.7. The largest absolute Gasteiger partial charge is 0.439 e. The van der Waals surface area contributed by atoms with Gasteiger partial charge in [0.05, 0.1) is 11.8 Å². The molecule has 0 radical (unpaired) electrons. The van der Waals surface area contributed by atoms with E-state index < -0.39 is 18.3 Å². The highest BCUT2D eigenvalue weighted by molar-refractivity contribution is 7.09. The third kappa shape index (κ3) is 10.8. The standard InChI is InChI=1S/C27H42N2O4S/c1-9-20(4)13-12-16-22(32-8)15-11-10-14-21(5)25(30)23-18-34-26(28-23)24(17-19(2)3)33-27(31)29(6)7/h9-11,13-15,18-19,21-22,24-25,30H,1,12,16-17H2,2-8H3/b14-10?,15-11+,20-13+/t21-,22+,24-,25-/m0/s1. The lowest BCUT2D eigenvalue weighted by Crippen LogP contribution is -2.25. The molecule has 0 aliphatic heterocycles. The van der Waals surface area contributed by atoms with Gasteiger partial charge in [-0.1, -0.05) is 69.4 Å². The fourth-order valence-electron chi connectivity index (χ4n) is 3.09. The van der Waals surface area contributed by atoms with E-state index in [0.29, 0.717) is 23.0 Å². The highest BCUT2D eigenvalue weighted by Gasteiger charge is 2.25. The molecule has 0 aliphatic carbocycles. The third-order valence-electron chi connectivity index (χ3n) is 5.30. The van der Waals surface area contributed by atoms with Gasteiger partial charge in [0.2, 0.25) is 0 Å². The van der Waals surface area contributed by atoms with E-state index in [1.165, 1.54) is 16.2 Å². The van der Waals surface area contributed by atoms with Crippen LogP contribution in [0.25, 0.3) is 0 Å². The van der Waals surface area contributed by atoms with Gasteiger partial charge in [0, 0.05) is 32.5 Å². The van der Waals surface area contributed by atoms with Crippen LogP contribution in [0.15, 0.2) is 54.0 Å². The molecule has 0 spiro atoms. The Morgan fingerprint density at radius 1 is 1.26 bits per heavy atom. The van der Waals surface area contributed by atoms with E-state index in [1.807, 2.05) is 49.6 Å². The second kappa shape index (κ2) is 15.6. The number of carbonyl (C=O) groups excluding carboxylic acids is 1. The molecule has 34 heavy (non-hydrogen) atoms. The maximum Gasteiger partial charge on any atom is 0.409 e. The van der Waals surface area contributed by atoms with Gasteiger partial charge in [0.15, 0.2) is 6.10 Å². The van der Waals surface area contributed by atoms with Crippen LogP contribution in [0.1, 0.15) is 69.9 Å². The van der Waals surface area contributed by atoms with Crippen LogP contribution in [-0.2, 0) is 9.47 Å². The van der Waals surface area contributed by atoms with Crippen LogP contribution in [0.4, 0.5) is 4.79 Å². The molecule has 0 fully saturated rings. The van der Waals surface area contributed by atoms with Crippen LogP contribution in [0, 0.1) is 11.8 Å². The van der Waals surface area contributed by atoms with E-state index in [0.717, 1.165) is 18.4 Å². The molecule has 1 amide bonds. The summed E-state index contributed by atoms with van der Waals surface area (Å²) in [6.07, 6.45) is 12.8. The molecule has 0 bridgehead atoms. The van der Waals surface area contributed by atoms with Crippen LogP contribution < -0.4 is 0 Å². The van der Waals surface area contributed by atoms with Crippen LogP contribution in [0.5, 0.6) is 0 Å². The lowest BCUT2D eigenvalue weighted by atomic mass is 10.0. The lowest BCUT2D eigenvalue weighted by molar-refractivity contribution is 0.0632. The topological polar surface area (TPSA) is 71.9 Å². The van der Waals surface area contributed by atoms with Crippen molar-refractivity contribution in [3.8, 4) is 0 Å². The van der Waals surface area contributed by atoms with Gasteiger partial charge >= 0.3 is 6.09 Å². The van der Waals surface area contributed by atoms with Crippen LogP contribution in [0.2, 0.25) is 0 Å². The van der Waals surface area contributed by atoms with E-state index in [4.69, 9.17) is 9.47 Å². The highest BCUT2D eigenvalue weighted by atomic mass is 32.1. The van der Waals surface area contributed by atoms with Crippen LogP contribution in [0.3, 0.4) is 0 Å². The Labute approximate surface area is 209 Å². The maximum absolute atomic E-state index is 12.1. The molecule has 0 aromatic carbocycles. The first kappa shape index (κ1) is 29.8. The fraction of sp³-hybridized carbons (Fsp3) is 0.556. The number of aromatic nitrogens is 1. The molecule has 0 saturated heterocycles. The smallest absolute Gasteiger partial charge is 0.409 e. The summed E-state index contributed by atoms with van der Waals surface area (Å²) in [6.45, 7) is 11.9. The van der Waals surface area contributed by atoms with E-state index >= 15 is 0 Å². The van der Waals surface area contributed by atoms with Gasteiger partial charge < -0.3 is 19.5 Å². The molecule has 1 rings (SSSR count). The Balaban J connectivity index is 2.75. The Morgan fingerprint density at radius 3 is 2.53 bits per heavy atom. The van der Waals surface area contributed by atoms with Gasteiger partial charge in [-0.05, 0) is 32.1 Å². The number of aliphatic hydroxyl groups excluding tert-OH is 1. The van der Waals surface area contributed by atoms with Crippen molar-refractivity contribution >= 4 is 17.4 Å². The SMILES string of the molecule is C=C/C(C)=C/CC[C@@H](/C=C/C=C[C@H](C)[C@H](O)c1csc([C@H](CC(C)C)OC(=O)N(C)C)n1)OC. The zero-order valence-electron chi connectivity index (χ0n) is 21.7. The predicted octanol–water partition coefficient (Wildman–Crippen LogP) is 6.64. The number of amides is 1. The minimum Gasteiger partial charge on any atom is -0.439 e. The zero-order chi connectivity index (χ0) is 25.7. The number of hydrogen-bond acceptors (Lipinski definition) is 6. The Bertz CT molecular complexity index is 841. The van der Waals surface area contributed by atoms with Crippen molar-refractivity contribution in [1.82, 2.24) is 9.88 Å². The number of thiazole rings is 1. The van der Waals surface area contributed by atoms with Crippen molar-refractivity contribution < 1.29 is 19.4 Å². The van der Waals surface area contributed by atoms with E-state index in [-0.39, 0.29) is 12.0 Å². The molecule has 0 saturated carbocycles. The molecule has 0 unspecified atom stereocenters. The van der Waals surface area contributed by atoms with Gasteiger partial charge in [0.1, 0.15) is 11.1 Å². The first-order chi connectivity index (χ1) is 16.1. The van der Waals surface area contributed by atoms with Gasteiger partial charge in [-0.2, -0.15) is 0 Å². The van der Waals surface area contributed by atoms with E-state index in [1.54, 1.807) is 21.2 Å². The molecule has 0 aliphatic rings. The average molecular weight is 491 g/mol. The number of aliphatic hydroxyl groups is 1. The molecule has 6 nitrogen and oxygen atoms in total. The number of hydrogen-bond donors (Lipinski definition) is 1. The first-order valence-corrected chi connectivity index (χ1v) is 12.6. The minimum atomic E-state index is -0.746. The molecule has 190 valence electrons. The Hall–Kier alpha value is -2.22. The number of carbonyl (C=O) groups is 1. The van der Waals surface area contributed by atoms with Gasteiger partial charge in [0.25, 0.3) is 0 Å². The number of methoxy groups -OCH3 is 1. The summed E-state index contributed by atoms with van der Waals surface area (Å²) < 4.78 is 11.1. The number of allylic oxidation sites excluding steroid dienone is 5. The Morgan fingerprint density at radius 2 is 1.94 bits per heavy atom. The van der Waals surface area contributed by atoms with Gasteiger partial charge in [-0.3, -0.25) is 0 Å². The summed E-state index contributed by atoms with van der Waals surface area (Å²) in [4.78, 5) is 18.1. The minimum absolute atomic E-state index is 0.0302. The molecule has 1 aromatic rings. The summed E-state index contributed by atoms with van der Waals surface area (Å²) in [5.41, 5.74) is 1.76. The van der Waals surface area contributed by atoms with E-state index in [9.17, 15) is 9.90 Å². The summed E-state index contributed by atoms with van der Waals surface area (Å²) in [5.74, 6) is 0.204. The van der Waals surface area contributed by atoms with Crippen molar-refractivity contribution in [2.24, 2.45) is 11.8 Å². The molecule has 7 heteroatoms. The molecule has 1 aromatic heterocycles. The monoisotopic (exact) mass is 490 g/mol. The summed E-state index contributed by atoms with van der Waals surface area (Å²) >= 11 is 1.41.